The summed E-state index contributed by atoms with van der Waals surface area (Å²) in [4.78, 5) is 8.00. The van der Waals surface area contributed by atoms with Gasteiger partial charge < -0.3 is 10.4 Å². The summed E-state index contributed by atoms with van der Waals surface area (Å²) in [5.41, 5.74) is -0.156. The van der Waals surface area contributed by atoms with Crippen molar-refractivity contribution < 1.29 is 5.11 Å². The topological polar surface area (TPSA) is 58.0 Å². The van der Waals surface area contributed by atoms with Gasteiger partial charge in [0.05, 0.1) is 16.6 Å². The molecule has 0 radical (unpaired) electrons. The van der Waals surface area contributed by atoms with Crippen molar-refractivity contribution in [3.63, 3.8) is 0 Å². The van der Waals surface area contributed by atoms with E-state index in [4.69, 9.17) is 0 Å². The van der Waals surface area contributed by atoms with Gasteiger partial charge in [0.2, 0.25) is 0 Å². The molecule has 1 aromatic heterocycles. The molecule has 0 unspecified atom stereocenters. The Morgan fingerprint density at radius 1 is 1.57 bits per heavy atom. The summed E-state index contributed by atoms with van der Waals surface area (Å²) in [5.74, 6) is 0.758. The summed E-state index contributed by atoms with van der Waals surface area (Å²) in [6.45, 7) is 0.156. The fraction of sp³-hybridized carbons (Fsp3) is 0.556. The van der Waals surface area contributed by atoms with Crippen molar-refractivity contribution in [1.82, 2.24) is 9.97 Å². The zero-order valence-electron chi connectivity index (χ0n) is 7.70. The fourth-order valence-corrected chi connectivity index (χ4v) is 1.90. The largest absolute Gasteiger partial charge is 0.394 e. The minimum atomic E-state index is -0.156. The van der Waals surface area contributed by atoms with Crippen LogP contribution in [0.1, 0.15) is 19.3 Å². The maximum atomic E-state index is 9.27. The van der Waals surface area contributed by atoms with Crippen molar-refractivity contribution in [3.8, 4) is 0 Å². The highest BCUT2D eigenvalue weighted by molar-refractivity contribution is 9.10. The molecule has 1 aliphatic rings. The quantitative estimate of drug-likeness (QED) is 0.863. The van der Waals surface area contributed by atoms with Gasteiger partial charge in [0.1, 0.15) is 12.1 Å². The van der Waals surface area contributed by atoms with E-state index in [1.165, 1.54) is 6.33 Å². The average molecular weight is 258 g/mol. The lowest BCUT2D eigenvalue weighted by Gasteiger charge is -2.41. The number of aliphatic hydroxyl groups is 1. The SMILES string of the molecule is OCC1(Nc2ncncc2Br)CCC1. The standard InChI is InChI=1S/C9H12BrN3O/c10-7-4-11-6-12-8(7)13-9(5-14)2-1-3-9/h4,6,14H,1-3,5H2,(H,11,12,13). The van der Waals surface area contributed by atoms with Crippen LogP contribution < -0.4 is 5.32 Å². The van der Waals surface area contributed by atoms with Gasteiger partial charge >= 0.3 is 0 Å². The van der Waals surface area contributed by atoms with Crippen molar-refractivity contribution in [3.05, 3.63) is 17.0 Å². The molecule has 1 fully saturated rings. The van der Waals surface area contributed by atoms with Crippen LogP contribution in [0.3, 0.4) is 0 Å². The molecular weight excluding hydrogens is 246 g/mol. The summed E-state index contributed by atoms with van der Waals surface area (Å²) in [5, 5.41) is 12.5. The van der Waals surface area contributed by atoms with Gasteiger partial charge in [-0.3, -0.25) is 0 Å². The smallest absolute Gasteiger partial charge is 0.144 e. The Kier molecular flexibility index (Phi) is 2.69. The molecule has 0 aromatic carbocycles. The first-order chi connectivity index (χ1) is 6.76. The molecule has 0 aliphatic heterocycles. The average Bonchev–Trinajstić information content (AvgIpc) is 2.14. The van der Waals surface area contributed by atoms with Crippen LogP contribution in [0.5, 0.6) is 0 Å². The van der Waals surface area contributed by atoms with Crippen molar-refractivity contribution in [2.45, 2.75) is 24.8 Å². The summed E-state index contributed by atoms with van der Waals surface area (Å²) < 4.78 is 0.833. The zero-order chi connectivity index (χ0) is 10.0. The van der Waals surface area contributed by atoms with E-state index in [1.807, 2.05) is 0 Å². The van der Waals surface area contributed by atoms with Crippen molar-refractivity contribution in [1.29, 1.82) is 0 Å². The highest BCUT2D eigenvalue weighted by atomic mass is 79.9. The number of hydrogen-bond acceptors (Lipinski definition) is 4. The Morgan fingerprint density at radius 2 is 2.36 bits per heavy atom. The first kappa shape index (κ1) is 9.86. The third-order valence-electron chi connectivity index (χ3n) is 2.66. The van der Waals surface area contributed by atoms with Gasteiger partial charge in [-0.25, -0.2) is 9.97 Å². The van der Waals surface area contributed by atoms with Crippen LogP contribution in [0.15, 0.2) is 17.0 Å². The molecule has 1 aliphatic carbocycles. The van der Waals surface area contributed by atoms with Gasteiger partial charge in [-0.05, 0) is 35.2 Å². The fourth-order valence-electron chi connectivity index (χ4n) is 1.58. The molecule has 5 heteroatoms. The number of rotatable bonds is 3. The third kappa shape index (κ3) is 1.74. The highest BCUT2D eigenvalue weighted by Crippen LogP contribution is 2.35. The van der Waals surface area contributed by atoms with E-state index in [0.29, 0.717) is 0 Å². The molecule has 0 saturated heterocycles. The van der Waals surface area contributed by atoms with Crippen LogP contribution in [-0.4, -0.2) is 27.2 Å². The first-order valence-corrected chi connectivity index (χ1v) is 5.40. The van der Waals surface area contributed by atoms with Crippen LogP contribution in [0.25, 0.3) is 0 Å². The number of anilines is 1. The molecule has 2 N–H and O–H groups in total. The predicted molar refractivity (Wildman–Crippen MR) is 57.0 cm³/mol. The van der Waals surface area contributed by atoms with Gasteiger partial charge in [0.25, 0.3) is 0 Å². The number of hydrogen-bond donors (Lipinski definition) is 2. The lowest BCUT2D eigenvalue weighted by Crippen LogP contribution is -2.48. The Bertz CT molecular complexity index is 322. The van der Waals surface area contributed by atoms with E-state index in [-0.39, 0.29) is 12.1 Å². The molecule has 0 bridgehead atoms. The zero-order valence-corrected chi connectivity index (χ0v) is 9.29. The number of nitrogens with one attached hydrogen (secondary N) is 1. The van der Waals surface area contributed by atoms with Crippen LogP contribution >= 0.6 is 15.9 Å². The van der Waals surface area contributed by atoms with Crippen LogP contribution in [0.2, 0.25) is 0 Å². The summed E-state index contributed by atoms with van der Waals surface area (Å²) in [7, 11) is 0. The Morgan fingerprint density at radius 3 is 2.86 bits per heavy atom. The van der Waals surface area contributed by atoms with E-state index in [2.05, 4.69) is 31.2 Å². The van der Waals surface area contributed by atoms with E-state index < -0.39 is 0 Å². The second-order valence-electron chi connectivity index (χ2n) is 3.64. The van der Waals surface area contributed by atoms with Gasteiger partial charge in [0.15, 0.2) is 0 Å². The predicted octanol–water partition coefficient (Wildman–Crippen LogP) is 1.57. The molecule has 4 nitrogen and oxygen atoms in total. The van der Waals surface area contributed by atoms with Gasteiger partial charge in [0, 0.05) is 6.20 Å². The Hall–Kier alpha value is -0.680. The molecule has 0 spiro atoms. The minimum Gasteiger partial charge on any atom is -0.394 e. The van der Waals surface area contributed by atoms with E-state index in [0.717, 1.165) is 29.6 Å². The molecular formula is C9H12BrN3O. The van der Waals surface area contributed by atoms with Crippen molar-refractivity contribution in [2.75, 3.05) is 11.9 Å². The van der Waals surface area contributed by atoms with E-state index in [9.17, 15) is 5.11 Å². The highest BCUT2D eigenvalue weighted by Gasteiger charge is 2.36. The lowest BCUT2D eigenvalue weighted by molar-refractivity contribution is 0.143. The number of aromatic nitrogens is 2. The van der Waals surface area contributed by atoms with E-state index in [1.54, 1.807) is 6.20 Å². The third-order valence-corrected chi connectivity index (χ3v) is 3.24. The first-order valence-electron chi connectivity index (χ1n) is 4.60. The molecule has 0 atom stereocenters. The normalized spacial score (nSPS) is 18.7. The number of nitrogens with zero attached hydrogens (tertiary/aromatic N) is 2. The van der Waals surface area contributed by atoms with Crippen LogP contribution in [0, 0.1) is 0 Å². The monoisotopic (exact) mass is 257 g/mol. The maximum absolute atomic E-state index is 9.27. The molecule has 76 valence electrons. The molecule has 1 heterocycles. The molecule has 1 aromatic rings. The summed E-state index contributed by atoms with van der Waals surface area (Å²) >= 11 is 3.36. The molecule has 14 heavy (non-hydrogen) atoms. The minimum absolute atomic E-state index is 0.156. The summed E-state index contributed by atoms with van der Waals surface area (Å²) in [6, 6.07) is 0. The second-order valence-corrected chi connectivity index (χ2v) is 4.49. The Balaban J connectivity index is 2.13. The van der Waals surface area contributed by atoms with Crippen molar-refractivity contribution in [2.24, 2.45) is 0 Å². The van der Waals surface area contributed by atoms with Crippen LogP contribution in [0.4, 0.5) is 5.82 Å². The maximum Gasteiger partial charge on any atom is 0.144 e. The number of aliphatic hydroxyl groups excluding tert-OH is 1. The van der Waals surface area contributed by atoms with Crippen LogP contribution in [-0.2, 0) is 0 Å². The number of halogens is 1. The second kappa shape index (κ2) is 3.82. The molecule has 0 amide bonds. The van der Waals surface area contributed by atoms with Gasteiger partial charge in [-0.2, -0.15) is 0 Å². The summed E-state index contributed by atoms with van der Waals surface area (Å²) in [6.07, 6.45) is 6.35. The Labute approximate surface area is 90.9 Å². The van der Waals surface area contributed by atoms with Gasteiger partial charge in [-0.15, -0.1) is 0 Å². The molecule has 1 saturated carbocycles. The van der Waals surface area contributed by atoms with Crippen molar-refractivity contribution >= 4 is 21.7 Å². The van der Waals surface area contributed by atoms with E-state index >= 15 is 0 Å². The molecule has 2 rings (SSSR count). The lowest BCUT2D eigenvalue weighted by atomic mass is 9.77. The van der Waals surface area contributed by atoms with Gasteiger partial charge in [-0.1, -0.05) is 0 Å².